The summed E-state index contributed by atoms with van der Waals surface area (Å²) < 4.78 is 5.60. The molecule has 0 aliphatic carbocycles. The standard InChI is InChI=1S/C13H28N2O/c1-4-6-13(14)10-15(11-13)7-9-16-8-5-12(2)3/h12H,4-11,14H2,1-3H3. The lowest BCUT2D eigenvalue weighted by Crippen LogP contribution is -2.67. The van der Waals surface area contributed by atoms with Crippen molar-refractivity contribution in [2.24, 2.45) is 11.7 Å². The van der Waals surface area contributed by atoms with Gasteiger partial charge in [0.2, 0.25) is 0 Å². The molecule has 0 amide bonds. The van der Waals surface area contributed by atoms with Gasteiger partial charge in [0.1, 0.15) is 0 Å². The summed E-state index contributed by atoms with van der Waals surface area (Å²) in [5, 5.41) is 0. The quantitative estimate of drug-likeness (QED) is 0.645. The highest BCUT2D eigenvalue weighted by atomic mass is 16.5. The number of nitrogens with two attached hydrogens (primary N) is 1. The summed E-state index contributed by atoms with van der Waals surface area (Å²) in [7, 11) is 0. The molecule has 1 aliphatic rings. The number of rotatable bonds is 8. The summed E-state index contributed by atoms with van der Waals surface area (Å²) in [6, 6.07) is 0. The maximum Gasteiger partial charge on any atom is 0.0593 e. The molecule has 0 aromatic carbocycles. The Morgan fingerprint density at radius 2 is 2.00 bits per heavy atom. The van der Waals surface area contributed by atoms with E-state index in [1.807, 2.05) is 0 Å². The lowest BCUT2D eigenvalue weighted by atomic mass is 9.86. The molecular formula is C13H28N2O. The van der Waals surface area contributed by atoms with Crippen LogP contribution in [0.2, 0.25) is 0 Å². The third-order valence-corrected chi connectivity index (χ3v) is 3.22. The van der Waals surface area contributed by atoms with E-state index in [0.29, 0.717) is 0 Å². The number of hydrogen-bond donors (Lipinski definition) is 1. The van der Waals surface area contributed by atoms with Crippen LogP contribution in [0, 0.1) is 5.92 Å². The Hall–Kier alpha value is -0.120. The maximum atomic E-state index is 6.19. The van der Waals surface area contributed by atoms with Crippen LogP contribution in [0.3, 0.4) is 0 Å². The van der Waals surface area contributed by atoms with E-state index in [1.165, 1.54) is 6.42 Å². The molecule has 1 aliphatic heterocycles. The Balaban J connectivity index is 1.93. The SMILES string of the molecule is CCCC1(N)CN(CCOCCC(C)C)C1. The first-order chi connectivity index (χ1) is 7.56. The first-order valence-electron chi connectivity index (χ1n) is 6.65. The van der Waals surface area contributed by atoms with Gasteiger partial charge in [0.25, 0.3) is 0 Å². The molecule has 16 heavy (non-hydrogen) atoms. The summed E-state index contributed by atoms with van der Waals surface area (Å²) in [6.07, 6.45) is 3.50. The van der Waals surface area contributed by atoms with Gasteiger partial charge in [0.15, 0.2) is 0 Å². The second-order valence-corrected chi connectivity index (χ2v) is 5.62. The molecular weight excluding hydrogens is 200 g/mol. The van der Waals surface area contributed by atoms with Crippen LogP contribution in [0.5, 0.6) is 0 Å². The molecule has 0 spiro atoms. The van der Waals surface area contributed by atoms with Gasteiger partial charge in [-0.2, -0.15) is 0 Å². The smallest absolute Gasteiger partial charge is 0.0593 e. The van der Waals surface area contributed by atoms with Gasteiger partial charge >= 0.3 is 0 Å². The topological polar surface area (TPSA) is 38.5 Å². The van der Waals surface area contributed by atoms with Crippen molar-refractivity contribution in [3.8, 4) is 0 Å². The summed E-state index contributed by atoms with van der Waals surface area (Å²) in [4.78, 5) is 2.39. The first-order valence-corrected chi connectivity index (χ1v) is 6.65. The molecule has 0 aromatic heterocycles. The molecule has 96 valence electrons. The zero-order valence-corrected chi connectivity index (χ0v) is 11.2. The van der Waals surface area contributed by atoms with Gasteiger partial charge in [-0.05, 0) is 18.8 Å². The fraction of sp³-hybridized carbons (Fsp3) is 1.00. The number of nitrogens with zero attached hydrogens (tertiary/aromatic N) is 1. The molecule has 0 radical (unpaired) electrons. The fourth-order valence-corrected chi connectivity index (χ4v) is 2.27. The van der Waals surface area contributed by atoms with Crippen molar-refractivity contribution in [3.05, 3.63) is 0 Å². The predicted molar refractivity (Wildman–Crippen MR) is 68.5 cm³/mol. The van der Waals surface area contributed by atoms with Crippen molar-refractivity contribution in [2.45, 2.75) is 45.6 Å². The highest BCUT2D eigenvalue weighted by Gasteiger charge is 2.37. The van der Waals surface area contributed by atoms with Crippen LogP contribution in [-0.4, -0.2) is 43.3 Å². The first kappa shape index (κ1) is 13.9. The molecule has 0 aromatic rings. The largest absolute Gasteiger partial charge is 0.380 e. The molecule has 2 N–H and O–H groups in total. The molecule has 1 saturated heterocycles. The minimum atomic E-state index is 0.104. The van der Waals surface area contributed by atoms with Crippen molar-refractivity contribution >= 4 is 0 Å². The van der Waals surface area contributed by atoms with Crippen molar-refractivity contribution in [3.63, 3.8) is 0 Å². The maximum absolute atomic E-state index is 6.19. The zero-order chi connectivity index (χ0) is 12.0. The minimum absolute atomic E-state index is 0.104. The van der Waals surface area contributed by atoms with Gasteiger partial charge in [-0.25, -0.2) is 0 Å². The molecule has 0 saturated carbocycles. The van der Waals surface area contributed by atoms with Crippen LogP contribution >= 0.6 is 0 Å². The van der Waals surface area contributed by atoms with Crippen LogP contribution in [0.1, 0.15) is 40.0 Å². The van der Waals surface area contributed by atoms with Crippen LogP contribution in [0.15, 0.2) is 0 Å². The molecule has 1 heterocycles. The van der Waals surface area contributed by atoms with E-state index >= 15 is 0 Å². The van der Waals surface area contributed by atoms with Crippen LogP contribution in [0.25, 0.3) is 0 Å². The Labute approximate surface area is 100 Å². The highest BCUT2D eigenvalue weighted by molar-refractivity contribution is 4.99. The summed E-state index contributed by atoms with van der Waals surface area (Å²) >= 11 is 0. The predicted octanol–water partition coefficient (Wildman–Crippen LogP) is 1.86. The molecule has 0 bridgehead atoms. The van der Waals surface area contributed by atoms with Gasteiger partial charge in [0, 0.05) is 31.8 Å². The normalized spacial score (nSPS) is 20.1. The Morgan fingerprint density at radius 3 is 2.56 bits per heavy atom. The van der Waals surface area contributed by atoms with Gasteiger partial charge in [0.05, 0.1) is 6.61 Å². The molecule has 0 unspecified atom stereocenters. The van der Waals surface area contributed by atoms with E-state index in [-0.39, 0.29) is 5.54 Å². The average Bonchev–Trinajstić information content (AvgIpc) is 2.14. The Bertz CT molecular complexity index is 188. The van der Waals surface area contributed by atoms with Crippen LogP contribution in [0.4, 0.5) is 0 Å². The molecule has 0 atom stereocenters. The molecule has 3 nitrogen and oxygen atoms in total. The van der Waals surface area contributed by atoms with E-state index in [2.05, 4.69) is 25.7 Å². The lowest BCUT2D eigenvalue weighted by Gasteiger charge is -2.48. The monoisotopic (exact) mass is 228 g/mol. The molecule has 1 fully saturated rings. The minimum Gasteiger partial charge on any atom is -0.380 e. The van der Waals surface area contributed by atoms with Gasteiger partial charge in [-0.15, -0.1) is 0 Å². The summed E-state index contributed by atoms with van der Waals surface area (Å²) in [5.41, 5.74) is 6.30. The third-order valence-electron chi connectivity index (χ3n) is 3.22. The number of hydrogen-bond acceptors (Lipinski definition) is 3. The van der Waals surface area contributed by atoms with Crippen LogP contribution < -0.4 is 5.73 Å². The van der Waals surface area contributed by atoms with Crippen molar-refractivity contribution in [1.82, 2.24) is 4.90 Å². The number of likely N-dealkylation sites (tertiary alicyclic amines) is 1. The van der Waals surface area contributed by atoms with E-state index in [9.17, 15) is 0 Å². The molecule has 3 heteroatoms. The Kier molecular flexibility index (Phi) is 5.73. The van der Waals surface area contributed by atoms with Crippen molar-refractivity contribution in [1.29, 1.82) is 0 Å². The van der Waals surface area contributed by atoms with Gasteiger partial charge in [-0.1, -0.05) is 27.2 Å². The highest BCUT2D eigenvalue weighted by Crippen LogP contribution is 2.22. The molecule has 1 rings (SSSR count). The summed E-state index contributed by atoms with van der Waals surface area (Å²) in [5.74, 6) is 0.741. The van der Waals surface area contributed by atoms with Crippen molar-refractivity contribution in [2.75, 3.05) is 32.8 Å². The van der Waals surface area contributed by atoms with E-state index in [4.69, 9.17) is 10.5 Å². The average molecular weight is 228 g/mol. The Morgan fingerprint density at radius 1 is 1.31 bits per heavy atom. The third kappa shape index (κ3) is 4.81. The lowest BCUT2D eigenvalue weighted by molar-refractivity contribution is 0.0260. The van der Waals surface area contributed by atoms with E-state index < -0.39 is 0 Å². The number of ether oxygens (including phenoxy) is 1. The summed E-state index contributed by atoms with van der Waals surface area (Å²) in [6.45, 7) is 11.6. The van der Waals surface area contributed by atoms with Crippen molar-refractivity contribution < 1.29 is 4.74 Å². The van der Waals surface area contributed by atoms with Gasteiger partial charge in [-0.3, -0.25) is 4.90 Å². The van der Waals surface area contributed by atoms with Gasteiger partial charge < -0.3 is 10.5 Å². The second kappa shape index (κ2) is 6.58. The van der Waals surface area contributed by atoms with E-state index in [0.717, 1.165) is 51.6 Å². The van der Waals surface area contributed by atoms with Crippen LogP contribution in [-0.2, 0) is 4.74 Å². The fourth-order valence-electron chi connectivity index (χ4n) is 2.27. The van der Waals surface area contributed by atoms with E-state index in [1.54, 1.807) is 0 Å². The zero-order valence-electron chi connectivity index (χ0n) is 11.2. The second-order valence-electron chi connectivity index (χ2n) is 5.62.